The van der Waals surface area contributed by atoms with E-state index in [1.807, 2.05) is 24.3 Å². The molecule has 3 atom stereocenters. The Bertz CT molecular complexity index is 489. The Morgan fingerprint density at radius 1 is 1.35 bits per heavy atom. The zero-order valence-corrected chi connectivity index (χ0v) is 11.9. The summed E-state index contributed by atoms with van der Waals surface area (Å²) in [5.74, 6) is 1.47. The van der Waals surface area contributed by atoms with Gasteiger partial charge >= 0.3 is 0 Å². The number of para-hydroxylation sites is 2. The predicted molar refractivity (Wildman–Crippen MR) is 78.9 cm³/mol. The highest BCUT2D eigenvalue weighted by molar-refractivity contribution is 5.83. The van der Waals surface area contributed by atoms with E-state index in [9.17, 15) is 4.79 Å². The quantitative estimate of drug-likeness (QED) is 0.871. The molecule has 0 aromatic heterocycles. The minimum Gasteiger partial charge on any atom is -0.477 e. The maximum Gasteiger partial charge on any atom is 0.263 e. The molecule has 1 aliphatic heterocycles. The van der Waals surface area contributed by atoms with Crippen LogP contribution in [0.4, 0.5) is 5.69 Å². The van der Waals surface area contributed by atoms with Crippen molar-refractivity contribution in [2.24, 2.45) is 5.92 Å². The number of ether oxygens (including phenoxy) is 1. The van der Waals surface area contributed by atoms with E-state index in [1.165, 1.54) is 12.8 Å². The third-order valence-electron chi connectivity index (χ3n) is 4.21. The highest BCUT2D eigenvalue weighted by Gasteiger charge is 2.28. The highest BCUT2D eigenvalue weighted by atomic mass is 16.5. The highest BCUT2D eigenvalue weighted by Crippen LogP contribution is 2.28. The van der Waals surface area contributed by atoms with Gasteiger partial charge in [0.05, 0.1) is 12.2 Å². The molecule has 1 aromatic carbocycles. The molecule has 2 aliphatic rings. The van der Waals surface area contributed by atoms with E-state index in [-0.39, 0.29) is 5.91 Å². The molecule has 108 valence electrons. The molecule has 3 rings (SSSR count). The number of nitrogens with one attached hydrogen (secondary N) is 2. The normalized spacial score (nSPS) is 28.8. The molecule has 1 heterocycles. The van der Waals surface area contributed by atoms with Gasteiger partial charge in [-0.15, -0.1) is 0 Å². The Labute approximate surface area is 119 Å². The topological polar surface area (TPSA) is 50.4 Å². The van der Waals surface area contributed by atoms with Crippen molar-refractivity contribution >= 4 is 11.6 Å². The molecule has 4 heteroatoms. The summed E-state index contributed by atoms with van der Waals surface area (Å²) in [4.78, 5) is 12.3. The van der Waals surface area contributed by atoms with Crippen LogP contribution in [-0.2, 0) is 4.79 Å². The van der Waals surface area contributed by atoms with Gasteiger partial charge in [0.2, 0.25) is 0 Å². The number of hydrogen-bond acceptors (Lipinski definition) is 3. The van der Waals surface area contributed by atoms with E-state index >= 15 is 0 Å². The van der Waals surface area contributed by atoms with Gasteiger partial charge in [-0.25, -0.2) is 0 Å². The summed E-state index contributed by atoms with van der Waals surface area (Å²) in [5.41, 5.74) is 0.961. The van der Waals surface area contributed by atoms with Crippen LogP contribution in [0.15, 0.2) is 24.3 Å². The Kier molecular flexibility index (Phi) is 3.81. The Morgan fingerprint density at radius 3 is 3.05 bits per heavy atom. The third kappa shape index (κ3) is 2.89. The van der Waals surface area contributed by atoms with E-state index < -0.39 is 6.10 Å². The van der Waals surface area contributed by atoms with Gasteiger partial charge in [-0.05, 0) is 30.9 Å². The first kappa shape index (κ1) is 13.3. The average molecular weight is 274 g/mol. The van der Waals surface area contributed by atoms with Crippen LogP contribution in [0.5, 0.6) is 5.75 Å². The number of fused-ring (bicyclic) bond motifs is 1. The summed E-state index contributed by atoms with van der Waals surface area (Å²) in [7, 11) is 0. The molecule has 0 spiro atoms. The predicted octanol–water partition coefficient (Wildman–Crippen LogP) is 2.55. The molecule has 1 amide bonds. The average Bonchev–Trinajstić information content (AvgIpc) is 2.47. The van der Waals surface area contributed by atoms with E-state index in [0.29, 0.717) is 18.5 Å². The molecular formula is C16H22N2O2. The van der Waals surface area contributed by atoms with Gasteiger partial charge in [-0.3, -0.25) is 4.79 Å². The van der Waals surface area contributed by atoms with Crippen molar-refractivity contribution in [3.63, 3.8) is 0 Å². The number of carbonyl (C=O) groups is 1. The second-order valence-corrected chi connectivity index (χ2v) is 5.96. The largest absolute Gasteiger partial charge is 0.477 e. The van der Waals surface area contributed by atoms with E-state index in [0.717, 1.165) is 24.3 Å². The van der Waals surface area contributed by atoms with Crippen molar-refractivity contribution in [2.75, 3.05) is 11.9 Å². The van der Waals surface area contributed by atoms with Crippen molar-refractivity contribution in [2.45, 2.75) is 44.8 Å². The lowest BCUT2D eigenvalue weighted by atomic mass is 9.87. The van der Waals surface area contributed by atoms with Crippen molar-refractivity contribution in [1.82, 2.24) is 5.32 Å². The fourth-order valence-corrected chi connectivity index (χ4v) is 3.12. The molecule has 4 nitrogen and oxygen atoms in total. The van der Waals surface area contributed by atoms with E-state index in [2.05, 4.69) is 17.6 Å². The summed E-state index contributed by atoms with van der Waals surface area (Å²) in [6.45, 7) is 2.79. The summed E-state index contributed by atoms with van der Waals surface area (Å²) in [6, 6.07) is 8.05. The maximum atomic E-state index is 12.3. The molecule has 2 N–H and O–H groups in total. The van der Waals surface area contributed by atoms with Gasteiger partial charge in [0.1, 0.15) is 5.75 Å². The first-order valence-electron chi connectivity index (χ1n) is 7.52. The lowest BCUT2D eigenvalue weighted by molar-refractivity contribution is -0.128. The minimum absolute atomic E-state index is 0.00565. The van der Waals surface area contributed by atoms with Gasteiger partial charge in [0.25, 0.3) is 5.91 Å². The Hall–Kier alpha value is -1.71. The van der Waals surface area contributed by atoms with Gasteiger partial charge in [0.15, 0.2) is 6.10 Å². The van der Waals surface area contributed by atoms with Crippen LogP contribution >= 0.6 is 0 Å². The molecule has 20 heavy (non-hydrogen) atoms. The number of hydrogen-bond donors (Lipinski definition) is 2. The fourth-order valence-electron chi connectivity index (χ4n) is 3.12. The second kappa shape index (κ2) is 5.73. The van der Waals surface area contributed by atoms with Crippen LogP contribution in [0.2, 0.25) is 0 Å². The summed E-state index contributed by atoms with van der Waals surface area (Å²) in [5, 5.41) is 6.40. The van der Waals surface area contributed by atoms with Crippen molar-refractivity contribution < 1.29 is 9.53 Å². The Morgan fingerprint density at radius 2 is 2.20 bits per heavy atom. The molecule has 1 saturated carbocycles. The summed E-state index contributed by atoms with van der Waals surface area (Å²) < 4.78 is 5.79. The number of anilines is 1. The van der Waals surface area contributed by atoms with Crippen LogP contribution < -0.4 is 15.4 Å². The van der Waals surface area contributed by atoms with Crippen molar-refractivity contribution in [3.05, 3.63) is 24.3 Å². The zero-order chi connectivity index (χ0) is 13.9. The summed E-state index contributed by atoms with van der Waals surface area (Å²) in [6.07, 6.45) is 4.23. The second-order valence-electron chi connectivity index (χ2n) is 5.96. The first-order valence-corrected chi connectivity index (χ1v) is 7.52. The van der Waals surface area contributed by atoms with Gasteiger partial charge in [-0.1, -0.05) is 31.9 Å². The van der Waals surface area contributed by atoms with Crippen LogP contribution in [0.25, 0.3) is 0 Å². The third-order valence-corrected chi connectivity index (χ3v) is 4.21. The van der Waals surface area contributed by atoms with Crippen LogP contribution in [-0.4, -0.2) is 24.6 Å². The standard InChI is InChI=1S/C16H22N2O2/c1-11-5-4-6-12(9-11)18-16(19)15-10-17-13-7-2-3-8-14(13)20-15/h2-3,7-8,11-12,15,17H,4-6,9-10H2,1H3,(H,18,19). The number of amides is 1. The van der Waals surface area contributed by atoms with Gasteiger partial charge in [-0.2, -0.15) is 0 Å². The molecule has 1 aliphatic carbocycles. The zero-order valence-electron chi connectivity index (χ0n) is 11.9. The molecule has 1 fully saturated rings. The lowest BCUT2D eigenvalue weighted by Crippen LogP contribution is -2.49. The Balaban J connectivity index is 1.59. The summed E-state index contributed by atoms with van der Waals surface area (Å²) >= 11 is 0. The number of rotatable bonds is 2. The molecule has 0 saturated heterocycles. The molecule has 1 aromatic rings. The van der Waals surface area contributed by atoms with Crippen molar-refractivity contribution in [3.8, 4) is 5.75 Å². The van der Waals surface area contributed by atoms with Crippen LogP contribution in [0, 0.1) is 5.92 Å². The maximum absolute atomic E-state index is 12.3. The monoisotopic (exact) mass is 274 g/mol. The fraction of sp³-hybridized carbons (Fsp3) is 0.562. The van der Waals surface area contributed by atoms with E-state index in [4.69, 9.17) is 4.74 Å². The first-order chi connectivity index (χ1) is 9.72. The smallest absolute Gasteiger partial charge is 0.263 e. The molecular weight excluding hydrogens is 252 g/mol. The van der Waals surface area contributed by atoms with Crippen molar-refractivity contribution in [1.29, 1.82) is 0 Å². The number of carbonyl (C=O) groups excluding carboxylic acids is 1. The minimum atomic E-state index is -0.429. The van der Waals surface area contributed by atoms with Crippen LogP contribution in [0.3, 0.4) is 0 Å². The SMILES string of the molecule is CC1CCCC(NC(=O)C2CNc3ccccc3O2)C1. The molecule has 0 bridgehead atoms. The van der Waals surface area contributed by atoms with Gasteiger partial charge < -0.3 is 15.4 Å². The molecule has 0 radical (unpaired) electrons. The van der Waals surface area contributed by atoms with Crippen LogP contribution in [0.1, 0.15) is 32.6 Å². The molecule has 3 unspecified atom stereocenters. The van der Waals surface area contributed by atoms with E-state index in [1.54, 1.807) is 0 Å². The lowest BCUT2D eigenvalue weighted by Gasteiger charge is -2.31. The van der Waals surface area contributed by atoms with Gasteiger partial charge in [0, 0.05) is 6.04 Å². The number of benzene rings is 1.